The van der Waals surface area contributed by atoms with Crippen molar-refractivity contribution in [1.82, 2.24) is 4.90 Å². The summed E-state index contributed by atoms with van der Waals surface area (Å²) in [6.07, 6.45) is 4.63. The van der Waals surface area contributed by atoms with E-state index in [0.717, 1.165) is 11.2 Å². The van der Waals surface area contributed by atoms with E-state index in [1.165, 1.54) is 22.0 Å². The van der Waals surface area contributed by atoms with Gasteiger partial charge in [0.2, 0.25) is 0 Å². The van der Waals surface area contributed by atoms with E-state index in [4.69, 9.17) is 4.42 Å². The number of hydrogen-bond donors (Lipinski definition) is 0. The van der Waals surface area contributed by atoms with Crippen molar-refractivity contribution in [2.45, 2.75) is 39.9 Å². The highest BCUT2D eigenvalue weighted by Gasteiger charge is 2.28. The molecule has 3 heteroatoms. The van der Waals surface area contributed by atoms with Gasteiger partial charge in [-0.15, -0.1) is 0 Å². The quantitative estimate of drug-likeness (QED) is 0.645. The molecule has 0 N–H and O–H groups in total. The van der Waals surface area contributed by atoms with Gasteiger partial charge in [0.1, 0.15) is 11.7 Å². The van der Waals surface area contributed by atoms with Crippen LogP contribution >= 0.6 is 0 Å². The first-order valence-corrected chi connectivity index (χ1v) is 8.23. The maximum Gasteiger partial charge on any atom is 0.159 e. The SMILES string of the molecule is Cc1ccc2c(oc3ccccc32)c1N1C=CN(C(C)C)C1C. The molecule has 0 fully saturated rings. The number of aryl methyl sites for hydroxylation is 1. The highest BCUT2D eigenvalue weighted by molar-refractivity contribution is 6.09. The molecule has 1 unspecified atom stereocenters. The Kier molecular flexibility index (Phi) is 3.12. The van der Waals surface area contributed by atoms with Crippen LogP contribution < -0.4 is 4.90 Å². The maximum absolute atomic E-state index is 6.23. The van der Waals surface area contributed by atoms with Crippen LogP contribution in [0.1, 0.15) is 26.3 Å². The zero-order valence-electron chi connectivity index (χ0n) is 14.1. The molecule has 0 bridgehead atoms. The molecule has 3 nitrogen and oxygen atoms in total. The fourth-order valence-electron chi connectivity index (χ4n) is 3.60. The summed E-state index contributed by atoms with van der Waals surface area (Å²) in [4.78, 5) is 4.68. The molecule has 23 heavy (non-hydrogen) atoms. The van der Waals surface area contributed by atoms with E-state index in [2.05, 4.69) is 74.2 Å². The molecule has 1 atom stereocenters. The molecule has 0 saturated heterocycles. The third kappa shape index (κ3) is 2.03. The van der Waals surface area contributed by atoms with Crippen molar-refractivity contribution in [1.29, 1.82) is 0 Å². The number of para-hydroxylation sites is 1. The Labute approximate surface area is 136 Å². The monoisotopic (exact) mass is 306 g/mol. The lowest BCUT2D eigenvalue weighted by Crippen LogP contribution is -2.39. The molecule has 1 aliphatic rings. The molecule has 0 spiro atoms. The van der Waals surface area contributed by atoms with Gasteiger partial charge in [-0.2, -0.15) is 0 Å². The van der Waals surface area contributed by atoms with Crippen LogP contribution in [0, 0.1) is 6.92 Å². The van der Waals surface area contributed by atoms with Crippen molar-refractivity contribution in [3.8, 4) is 0 Å². The number of fused-ring (bicyclic) bond motifs is 3. The molecule has 0 aliphatic carbocycles. The highest BCUT2D eigenvalue weighted by atomic mass is 16.3. The first-order chi connectivity index (χ1) is 11.1. The standard InChI is InChI=1S/C20H22N2O/c1-13(2)21-11-12-22(15(21)4)19-14(3)9-10-17-16-7-5-6-8-18(16)23-20(17)19/h5-13,15H,1-4H3. The topological polar surface area (TPSA) is 19.6 Å². The van der Waals surface area contributed by atoms with E-state index in [1.54, 1.807) is 0 Å². The van der Waals surface area contributed by atoms with Gasteiger partial charge in [0.25, 0.3) is 0 Å². The van der Waals surface area contributed by atoms with Gasteiger partial charge in [0.05, 0.1) is 5.69 Å². The molecule has 2 aromatic carbocycles. The summed E-state index contributed by atoms with van der Waals surface area (Å²) >= 11 is 0. The zero-order chi connectivity index (χ0) is 16.1. The van der Waals surface area contributed by atoms with Gasteiger partial charge in [-0.05, 0) is 39.3 Å². The minimum absolute atomic E-state index is 0.285. The predicted molar refractivity (Wildman–Crippen MR) is 96.5 cm³/mol. The Balaban J connectivity index is 1.93. The highest BCUT2D eigenvalue weighted by Crippen LogP contribution is 2.39. The van der Waals surface area contributed by atoms with Crippen LogP contribution in [0.15, 0.2) is 53.2 Å². The number of furan rings is 1. The Bertz CT molecular complexity index is 907. The van der Waals surface area contributed by atoms with Gasteiger partial charge in [-0.3, -0.25) is 0 Å². The molecule has 0 amide bonds. The molecule has 1 aromatic heterocycles. The smallest absolute Gasteiger partial charge is 0.159 e. The second kappa shape index (κ2) is 5.05. The van der Waals surface area contributed by atoms with Gasteiger partial charge < -0.3 is 14.2 Å². The van der Waals surface area contributed by atoms with Crippen molar-refractivity contribution in [2.24, 2.45) is 0 Å². The summed E-state index contributed by atoms with van der Waals surface area (Å²) in [5.74, 6) is 0. The summed E-state index contributed by atoms with van der Waals surface area (Å²) in [5, 5.41) is 2.37. The Morgan fingerprint density at radius 2 is 1.78 bits per heavy atom. The third-order valence-electron chi connectivity index (χ3n) is 4.81. The maximum atomic E-state index is 6.23. The fraction of sp³-hybridized carbons (Fsp3) is 0.300. The zero-order valence-corrected chi connectivity index (χ0v) is 14.1. The van der Waals surface area contributed by atoms with Crippen molar-refractivity contribution < 1.29 is 4.42 Å². The summed E-state index contributed by atoms with van der Waals surface area (Å²) in [7, 11) is 0. The second-order valence-corrected chi connectivity index (χ2v) is 6.58. The molecule has 0 radical (unpaired) electrons. The van der Waals surface area contributed by atoms with E-state index >= 15 is 0 Å². The minimum Gasteiger partial charge on any atom is -0.454 e. The molecular weight excluding hydrogens is 284 g/mol. The van der Waals surface area contributed by atoms with Gasteiger partial charge >= 0.3 is 0 Å². The van der Waals surface area contributed by atoms with Crippen molar-refractivity contribution in [3.63, 3.8) is 0 Å². The summed E-state index contributed by atoms with van der Waals surface area (Å²) in [6, 6.07) is 13.1. The molecular formula is C20H22N2O. The Morgan fingerprint density at radius 1 is 1.00 bits per heavy atom. The van der Waals surface area contributed by atoms with Gasteiger partial charge in [0.15, 0.2) is 5.58 Å². The molecule has 4 rings (SSSR count). The third-order valence-corrected chi connectivity index (χ3v) is 4.81. The largest absolute Gasteiger partial charge is 0.454 e. The van der Waals surface area contributed by atoms with Crippen molar-refractivity contribution in [2.75, 3.05) is 4.90 Å². The van der Waals surface area contributed by atoms with Gasteiger partial charge in [-0.25, -0.2) is 0 Å². The molecule has 2 heterocycles. The van der Waals surface area contributed by atoms with Gasteiger partial charge in [-0.1, -0.05) is 30.3 Å². The lowest BCUT2D eigenvalue weighted by Gasteiger charge is -2.33. The second-order valence-electron chi connectivity index (χ2n) is 6.58. The summed E-state index contributed by atoms with van der Waals surface area (Å²) in [6.45, 7) is 8.83. The fourth-order valence-corrected chi connectivity index (χ4v) is 3.60. The lowest BCUT2D eigenvalue weighted by molar-refractivity contribution is 0.263. The summed E-state index contributed by atoms with van der Waals surface area (Å²) < 4.78 is 6.23. The van der Waals surface area contributed by atoms with Gasteiger partial charge in [0, 0.05) is 29.2 Å². The predicted octanol–water partition coefficient (Wildman–Crippen LogP) is 5.24. The minimum atomic E-state index is 0.285. The van der Waals surface area contributed by atoms with Crippen LogP contribution in [-0.4, -0.2) is 17.1 Å². The number of hydrogen-bond acceptors (Lipinski definition) is 3. The van der Waals surface area contributed by atoms with Crippen LogP contribution in [0.25, 0.3) is 21.9 Å². The van der Waals surface area contributed by atoms with Crippen LogP contribution in [0.4, 0.5) is 5.69 Å². The van der Waals surface area contributed by atoms with Crippen LogP contribution in [0.3, 0.4) is 0 Å². The summed E-state index contributed by atoms with van der Waals surface area (Å²) in [5.41, 5.74) is 4.34. The Hall–Kier alpha value is -2.42. The average molecular weight is 306 g/mol. The van der Waals surface area contributed by atoms with E-state index in [0.29, 0.717) is 6.04 Å². The van der Waals surface area contributed by atoms with E-state index in [-0.39, 0.29) is 6.17 Å². The normalized spacial score (nSPS) is 18.0. The van der Waals surface area contributed by atoms with E-state index in [9.17, 15) is 0 Å². The number of nitrogens with zero attached hydrogens (tertiary/aromatic N) is 2. The lowest BCUT2D eigenvalue weighted by atomic mass is 10.1. The molecule has 3 aromatic rings. The van der Waals surface area contributed by atoms with Crippen LogP contribution in [-0.2, 0) is 0 Å². The average Bonchev–Trinajstić information content (AvgIpc) is 3.08. The number of benzene rings is 2. The number of anilines is 1. The molecule has 1 aliphatic heterocycles. The molecule has 0 saturated carbocycles. The molecule has 118 valence electrons. The van der Waals surface area contributed by atoms with E-state index < -0.39 is 0 Å². The van der Waals surface area contributed by atoms with Crippen molar-refractivity contribution >= 4 is 27.6 Å². The van der Waals surface area contributed by atoms with E-state index in [1.807, 2.05) is 12.1 Å². The van der Waals surface area contributed by atoms with Crippen LogP contribution in [0.5, 0.6) is 0 Å². The number of rotatable bonds is 2. The van der Waals surface area contributed by atoms with Crippen LogP contribution in [0.2, 0.25) is 0 Å². The Morgan fingerprint density at radius 3 is 2.52 bits per heavy atom. The first-order valence-electron chi connectivity index (χ1n) is 8.23. The van der Waals surface area contributed by atoms with Crippen molar-refractivity contribution in [3.05, 3.63) is 54.4 Å². The first kappa shape index (κ1) is 14.2.